The topological polar surface area (TPSA) is 0 Å². The maximum Gasteiger partial charge on any atom is -2.00 e. The third-order valence-corrected chi connectivity index (χ3v) is 0. The molecular formula is C6H14Cu2S. The average molecular weight is 245 g/mol. The summed E-state index contributed by atoms with van der Waals surface area (Å²) in [5.74, 6) is 0. The monoisotopic (exact) mass is 244 g/mol. The first kappa shape index (κ1) is 16.8. The molecule has 0 rings (SSSR count). The zero-order valence-corrected chi connectivity index (χ0v) is 8.87. The Morgan fingerprint density at radius 2 is 0.778 bits per heavy atom. The SMILES string of the molecule is C[CH](C)[Cu+].C[CH](C)[Cu+].[S-2]. The van der Waals surface area contributed by atoms with Crippen LogP contribution in [0.5, 0.6) is 0 Å². The van der Waals surface area contributed by atoms with Crippen molar-refractivity contribution < 1.29 is 32.0 Å². The Bertz CT molecular complexity index is 26.5. The first-order valence-corrected chi connectivity index (χ1v) is 3.74. The van der Waals surface area contributed by atoms with Crippen LogP contribution in [-0.2, 0) is 45.5 Å². The molecule has 0 spiro atoms. The molecule has 0 saturated heterocycles. The number of rotatable bonds is 0. The van der Waals surface area contributed by atoms with Crippen LogP contribution in [0, 0.1) is 0 Å². The van der Waals surface area contributed by atoms with Gasteiger partial charge in [0.1, 0.15) is 0 Å². The van der Waals surface area contributed by atoms with E-state index in [1.54, 1.807) is 0 Å². The van der Waals surface area contributed by atoms with E-state index in [0.717, 1.165) is 0 Å². The fourth-order valence-corrected chi connectivity index (χ4v) is 0. The maximum atomic E-state index is 4.74. The van der Waals surface area contributed by atoms with Crippen LogP contribution >= 0.6 is 0 Å². The van der Waals surface area contributed by atoms with Gasteiger partial charge in [-0.15, -0.1) is 0 Å². The fraction of sp³-hybridized carbons (Fsp3) is 1.00. The summed E-state index contributed by atoms with van der Waals surface area (Å²) in [4.78, 5) is 0.792. The summed E-state index contributed by atoms with van der Waals surface area (Å²) in [5.41, 5.74) is 0. The van der Waals surface area contributed by atoms with Crippen molar-refractivity contribution in [1.82, 2.24) is 0 Å². The molecule has 0 fully saturated rings. The summed E-state index contributed by atoms with van der Waals surface area (Å²) in [6, 6.07) is 0. The molecule has 0 aromatic rings. The summed E-state index contributed by atoms with van der Waals surface area (Å²) in [7, 11) is 0. The van der Waals surface area contributed by atoms with Crippen LogP contribution in [0.2, 0.25) is 9.63 Å². The summed E-state index contributed by atoms with van der Waals surface area (Å²) < 4.78 is 0. The zero-order valence-electron chi connectivity index (χ0n) is 6.17. The van der Waals surface area contributed by atoms with E-state index in [0.29, 0.717) is 9.63 Å². The average Bonchev–Trinajstić information content (AvgIpc) is 1.25. The second-order valence-corrected chi connectivity index (χ2v) is 4.03. The first-order chi connectivity index (χ1) is 3.46. The molecule has 0 amide bonds. The second kappa shape index (κ2) is 12.1. The molecule has 0 saturated carbocycles. The van der Waals surface area contributed by atoms with Crippen LogP contribution < -0.4 is 0 Å². The largest absolute Gasteiger partial charge is 2.00 e. The van der Waals surface area contributed by atoms with E-state index >= 15 is 0 Å². The molecule has 0 heterocycles. The summed E-state index contributed by atoms with van der Waals surface area (Å²) >= 11 is 9.49. The second-order valence-electron chi connectivity index (χ2n) is 1.85. The van der Waals surface area contributed by atoms with Gasteiger partial charge in [-0.3, -0.25) is 0 Å². The molecule has 3 heteroatoms. The van der Waals surface area contributed by atoms with E-state index in [9.17, 15) is 0 Å². The molecule has 0 nitrogen and oxygen atoms in total. The Hall–Kier alpha value is 1.39. The Balaban J connectivity index is -0.0000000720. The molecule has 9 heavy (non-hydrogen) atoms. The minimum Gasteiger partial charge on any atom is -2.00 e. The molecule has 0 aromatic carbocycles. The van der Waals surface area contributed by atoms with Gasteiger partial charge in [0.15, 0.2) is 0 Å². The van der Waals surface area contributed by atoms with Crippen molar-refractivity contribution in [3.63, 3.8) is 0 Å². The van der Waals surface area contributed by atoms with Crippen molar-refractivity contribution in [1.29, 1.82) is 0 Å². The Morgan fingerprint density at radius 3 is 0.778 bits per heavy atom. The van der Waals surface area contributed by atoms with Crippen LogP contribution in [0.15, 0.2) is 0 Å². The minimum atomic E-state index is 0. The van der Waals surface area contributed by atoms with Crippen LogP contribution in [0.3, 0.4) is 0 Å². The van der Waals surface area contributed by atoms with Gasteiger partial charge in [-0.25, -0.2) is 0 Å². The molecule has 0 aromatic heterocycles. The van der Waals surface area contributed by atoms with E-state index in [1.165, 1.54) is 0 Å². The van der Waals surface area contributed by atoms with Gasteiger partial charge in [0.05, 0.1) is 0 Å². The van der Waals surface area contributed by atoms with Crippen LogP contribution in [0.4, 0.5) is 0 Å². The Labute approximate surface area is 82.6 Å². The molecule has 0 N–H and O–H groups in total. The van der Waals surface area contributed by atoms with Crippen LogP contribution in [0.1, 0.15) is 27.7 Å². The first-order valence-electron chi connectivity index (χ1n) is 2.66. The molecule has 0 radical (unpaired) electrons. The van der Waals surface area contributed by atoms with Crippen LogP contribution in [0.25, 0.3) is 0 Å². The normalized spacial score (nSPS) is 8.22. The molecule has 66 valence electrons. The van der Waals surface area contributed by atoms with Crippen molar-refractivity contribution >= 4 is 13.5 Å². The predicted molar refractivity (Wildman–Crippen MR) is 37.6 cm³/mol. The molecule has 0 aliphatic rings. The van der Waals surface area contributed by atoms with Gasteiger partial charge in [-0.05, 0) is 0 Å². The summed E-state index contributed by atoms with van der Waals surface area (Å²) in [6.45, 7) is 7.89. The predicted octanol–water partition coefficient (Wildman–Crippen LogP) is 2.72. The van der Waals surface area contributed by atoms with Gasteiger partial charge in [-0.2, -0.15) is 0 Å². The van der Waals surface area contributed by atoms with Gasteiger partial charge < -0.3 is 13.5 Å². The summed E-state index contributed by atoms with van der Waals surface area (Å²) in [6.07, 6.45) is 0. The molecule has 0 bridgehead atoms. The van der Waals surface area contributed by atoms with Gasteiger partial charge in [0, 0.05) is 0 Å². The molecule has 0 unspecified atom stereocenters. The van der Waals surface area contributed by atoms with Gasteiger partial charge in [0.25, 0.3) is 0 Å². The maximum absolute atomic E-state index is 4.74. The van der Waals surface area contributed by atoms with Gasteiger partial charge >= 0.3 is 69.4 Å². The zero-order chi connectivity index (χ0) is 7.15. The number of hydrogen-bond acceptors (Lipinski definition) is 0. The van der Waals surface area contributed by atoms with Crippen molar-refractivity contribution in [3.8, 4) is 0 Å². The van der Waals surface area contributed by atoms with E-state index in [1.807, 2.05) is 27.7 Å². The quantitative estimate of drug-likeness (QED) is 0.576. The Morgan fingerprint density at radius 1 is 0.778 bits per heavy atom. The fourth-order valence-electron chi connectivity index (χ4n) is 0. The smallest absolute Gasteiger partial charge is 2.00 e. The van der Waals surface area contributed by atoms with Crippen molar-refractivity contribution in [3.05, 3.63) is 0 Å². The summed E-state index contributed by atoms with van der Waals surface area (Å²) in [5, 5.41) is 0. The third kappa shape index (κ3) is 266. The number of hydrogen-bond donors (Lipinski definition) is 0. The standard InChI is InChI=1S/2C3H7.2Cu.S/c2*1-3-2;;;/h2*3H,1-2H3;;;/q;;2*+1;-2. The Kier molecular flexibility index (Phi) is 22.6. The van der Waals surface area contributed by atoms with E-state index in [-0.39, 0.29) is 13.5 Å². The third-order valence-electron chi connectivity index (χ3n) is 0. The van der Waals surface area contributed by atoms with Gasteiger partial charge in [0.2, 0.25) is 0 Å². The molecular weight excluding hydrogens is 231 g/mol. The van der Waals surface area contributed by atoms with E-state index < -0.39 is 0 Å². The van der Waals surface area contributed by atoms with Crippen LogP contribution in [-0.4, -0.2) is 0 Å². The molecule has 0 atom stereocenters. The minimum absolute atomic E-state index is 0. The van der Waals surface area contributed by atoms with Crippen molar-refractivity contribution in [2.45, 2.75) is 37.3 Å². The van der Waals surface area contributed by atoms with Gasteiger partial charge in [-0.1, -0.05) is 0 Å². The van der Waals surface area contributed by atoms with E-state index in [4.69, 9.17) is 32.0 Å². The van der Waals surface area contributed by atoms with Crippen molar-refractivity contribution in [2.24, 2.45) is 0 Å². The molecule has 0 aliphatic heterocycles. The van der Waals surface area contributed by atoms with E-state index in [2.05, 4.69) is 0 Å². The molecule has 0 aliphatic carbocycles. The van der Waals surface area contributed by atoms with Crippen molar-refractivity contribution in [2.75, 3.05) is 0 Å².